The third-order valence-electron chi connectivity index (χ3n) is 3.22. The van der Waals surface area contributed by atoms with E-state index in [9.17, 15) is 9.90 Å². The Morgan fingerprint density at radius 2 is 1.94 bits per heavy atom. The molecule has 0 spiro atoms. The Balaban J connectivity index is 2.09. The molecule has 4 nitrogen and oxygen atoms in total. The molecule has 0 saturated heterocycles. The minimum atomic E-state index is -0.535. The number of carbonyl (C=O) groups is 1. The van der Waals surface area contributed by atoms with Crippen LogP contribution in [-0.2, 0) is 4.79 Å². The van der Waals surface area contributed by atoms with Crippen LogP contribution in [-0.4, -0.2) is 35.7 Å². The van der Waals surface area contributed by atoms with E-state index in [4.69, 9.17) is 0 Å². The summed E-state index contributed by atoms with van der Waals surface area (Å²) < 4.78 is 0. The van der Waals surface area contributed by atoms with Crippen molar-refractivity contribution in [2.24, 2.45) is 0 Å². The van der Waals surface area contributed by atoms with Crippen molar-refractivity contribution >= 4 is 5.91 Å². The number of nitrogens with one attached hydrogen (secondary N) is 2. The number of hydrogen-bond donors (Lipinski definition) is 3. The maximum atomic E-state index is 11.4. The van der Waals surface area contributed by atoms with Crippen molar-refractivity contribution in [3.8, 4) is 0 Å². The standard InChI is InChI=1S/C13H26N2O2/c1-11(2)15-12(16)6-9-14-10-13(17)7-4-3-5-8-13/h11,14,17H,3-10H2,1-2H3,(H,15,16). The highest BCUT2D eigenvalue weighted by molar-refractivity contribution is 5.76. The monoisotopic (exact) mass is 242 g/mol. The Kier molecular flexibility index (Phi) is 5.92. The maximum Gasteiger partial charge on any atom is 0.221 e. The van der Waals surface area contributed by atoms with Crippen LogP contribution in [0.5, 0.6) is 0 Å². The molecule has 0 bridgehead atoms. The van der Waals surface area contributed by atoms with E-state index in [2.05, 4.69) is 10.6 Å². The van der Waals surface area contributed by atoms with Crippen LogP contribution in [0.2, 0.25) is 0 Å². The highest BCUT2D eigenvalue weighted by Crippen LogP contribution is 2.27. The average Bonchev–Trinajstić information content (AvgIpc) is 2.24. The van der Waals surface area contributed by atoms with Gasteiger partial charge < -0.3 is 15.7 Å². The third kappa shape index (κ3) is 6.03. The van der Waals surface area contributed by atoms with E-state index in [0.29, 0.717) is 19.5 Å². The lowest BCUT2D eigenvalue weighted by Gasteiger charge is -2.32. The molecule has 1 aliphatic rings. The van der Waals surface area contributed by atoms with E-state index < -0.39 is 5.60 Å². The number of rotatable bonds is 6. The molecule has 17 heavy (non-hydrogen) atoms. The molecule has 1 amide bonds. The van der Waals surface area contributed by atoms with E-state index in [-0.39, 0.29) is 11.9 Å². The second-order valence-corrected chi connectivity index (χ2v) is 5.43. The third-order valence-corrected chi connectivity index (χ3v) is 3.22. The van der Waals surface area contributed by atoms with Crippen molar-refractivity contribution in [3.05, 3.63) is 0 Å². The highest BCUT2D eigenvalue weighted by atomic mass is 16.3. The van der Waals surface area contributed by atoms with Crippen molar-refractivity contribution in [2.75, 3.05) is 13.1 Å². The van der Waals surface area contributed by atoms with Gasteiger partial charge in [0.25, 0.3) is 0 Å². The first kappa shape index (κ1) is 14.5. The van der Waals surface area contributed by atoms with Gasteiger partial charge in [-0.15, -0.1) is 0 Å². The van der Waals surface area contributed by atoms with Crippen molar-refractivity contribution in [1.82, 2.24) is 10.6 Å². The van der Waals surface area contributed by atoms with Gasteiger partial charge >= 0.3 is 0 Å². The van der Waals surface area contributed by atoms with E-state index in [1.807, 2.05) is 13.8 Å². The molecule has 1 rings (SSSR count). The molecule has 3 N–H and O–H groups in total. The molecule has 0 atom stereocenters. The largest absolute Gasteiger partial charge is 0.389 e. The second kappa shape index (κ2) is 6.97. The molecule has 0 aliphatic heterocycles. The summed E-state index contributed by atoms with van der Waals surface area (Å²) in [5, 5.41) is 16.3. The van der Waals surface area contributed by atoms with Crippen LogP contribution < -0.4 is 10.6 Å². The van der Waals surface area contributed by atoms with Gasteiger partial charge in [0, 0.05) is 25.6 Å². The predicted molar refractivity (Wildman–Crippen MR) is 68.8 cm³/mol. The molecule has 100 valence electrons. The Morgan fingerprint density at radius 3 is 2.53 bits per heavy atom. The number of amides is 1. The Bertz CT molecular complexity index is 236. The molecular weight excluding hydrogens is 216 g/mol. The summed E-state index contributed by atoms with van der Waals surface area (Å²) in [6, 6.07) is 0.199. The molecule has 0 aromatic heterocycles. The molecule has 1 aliphatic carbocycles. The van der Waals surface area contributed by atoms with Crippen LogP contribution >= 0.6 is 0 Å². The van der Waals surface area contributed by atoms with Gasteiger partial charge in [-0.25, -0.2) is 0 Å². The van der Waals surface area contributed by atoms with Gasteiger partial charge in [0.2, 0.25) is 5.91 Å². The van der Waals surface area contributed by atoms with E-state index in [1.54, 1.807) is 0 Å². The maximum absolute atomic E-state index is 11.4. The fourth-order valence-corrected chi connectivity index (χ4v) is 2.30. The van der Waals surface area contributed by atoms with Crippen molar-refractivity contribution in [1.29, 1.82) is 0 Å². The first-order valence-corrected chi connectivity index (χ1v) is 6.74. The van der Waals surface area contributed by atoms with Gasteiger partial charge in [-0.2, -0.15) is 0 Å². The molecule has 0 heterocycles. The summed E-state index contributed by atoms with van der Waals surface area (Å²) in [6.07, 6.45) is 5.72. The quantitative estimate of drug-likeness (QED) is 0.613. The van der Waals surface area contributed by atoms with Gasteiger partial charge in [-0.3, -0.25) is 4.79 Å². The fraction of sp³-hybridized carbons (Fsp3) is 0.923. The number of carbonyl (C=O) groups excluding carboxylic acids is 1. The zero-order valence-electron chi connectivity index (χ0n) is 11.1. The minimum absolute atomic E-state index is 0.0723. The average molecular weight is 242 g/mol. The second-order valence-electron chi connectivity index (χ2n) is 5.43. The number of aliphatic hydroxyl groups is 1. The van der Waals surface area contributed by atoms with Crippen molar-refractivity contribution in [3.63, 3.8) is 0 Å². The summed E-state index contributed by atoms with van der Waals surface area (Å²) in [4.78, 5) is 11.4. The highest BCUT2D eigenvalue weighted by Gasteiger charge is 2.28. The smallest absolute Gasteiger partial charge is 0.221 e. The van der Waals surface area contributed by atoms with Gasteiger partial charge in [-0.05, 0) is 26.7 Å². The molecule has 0 aromatic carbocycles. The lowest BCUT2D eigenvalue weighted by atomic mass is 9.85. The van der Waals surface area contributed by atoms with Gasteiger partial charge in [-0.1, -0.05) is 19.3 Å². The van der Waals surface area contributed by atoms with Crippen LogP contribution in [0.15, 0.2) is 0 Å². The normalized spacial score (nSPS) is 19.3. The lowest BCUT2D eigenvalue weighted by Crippen LogP contribution is -2.43. The topological polar surface area (TPSA) is 61.4 Å². The van der Waals surface area contributed by atoms with Crippen LogP contribution in [0.1, 0.15) is 52.4 Å². The minimum Gasteiger partial charge on any atom is -0.389 e. The SMILES string of the molecule is CC(C)NC(=O)CCNCC1(O)CCCCC1. The summed E-state index contributed by atoms with van der Waals surface area (Å²) in [7, 11) is 0. The Labute approximate surface area is 104 Å². The Hall–Kier alpha value is -0.610. The molecule has 1 saturated carbocycles. The first-order valence-electron chi connectivity index (χ1n) is 6.74. The molecule has 0 aromatic rings. The van der Waals surface area contributed by atoms with Gasteiger partial charge in [0.15, 0.2) is 0 Å². The molecule has 4 heteroatoms. The summed E-state index contributed by atoms with van der Waals surface area (Å²) in [5.41, 5.74) is -0.535. The zero-order chi connectivity index (χ0) is 12.7. The van der Waals surface area contributed by atoms with Gasteiger partial charge in [0.1, 0.15) is 0 Å². The summed E-state index contributed by atoms with van der Waals surface area (Å²) in [6.45, 7) is 5.16. The van der Waals surface area contributed by atoms with Crippen LogP contribution in [0.25, 0.3) is 0 Å². The first-order chi connectivity index (χ1) is 8.02. The zero-order valence-corrected chi connectivity index (χ0v) is 11.1. The van der Waals surface area contributed by atoms with Crippen LogP contribution in [0.3, 0.4) is 0 Å². The molecule has 0 unspecified atom stereocenters. The summed E-state index contributed by atoms with van der Waals surface area (Å²) in [5.74, 6) is 0.0723. The fourth-order valence-electron chi connectivity index (χ4n) is 2.30. The van der Waals surface area contributed by atoms with Crippen LogP contribution in [0.4, 0.5) is 0 Å². The molecule has 0 radical (unpaired) electrons. The molecule has 1 fully saturated rings. The Morgan fingerprint density at radius 1 is 1.29 bits per heavy atom. The molecular formula is C13H26N2O2. The van der Waals surface area contributed by atoms with Crippen LogP contribution in [0, 0.1) is 0 Å². The predicted octanol–water partition coefficient (Wildman–Crippen LogP) is 1.19. The van der Waals surface area contributed by atoms with E-state index in [0.717, 1.165) is 25.7 Å². The number of hydrogen-bond acceptors (Lipinski definition) is 3. The van der Waals surface area contributed by atoms with Gasteiger partial charge in [0.05, 0.1) is 5.60 Å². The van der Waals surface area contributed by atoms with Crippen molar-refractivity contribution in [2.45, 2.75) is 64.0 Å². The summed E-state index contributed by atoms with van der Waals surface area (Å²) >= 11 is 0. The van der Waals surface area contributed by atoms with E-state index in [1.165, 1.54) is 6.42 Å². The van der Waals surface area contributed by atoms with E-state index >= 15 is 0 Å². The van der Waals surface area contributed by atoms with Crippen molar-refractivity contribution < 1.29 is 9.90 Å². The lowest BCUT2D eigenvalue weighted by molar-refractivity contribution is -0.121.